The number of carbonyl (C=O) groups is 1. The normalized spacial score (nSPS) is 27.2. The third-order valence-electron chi connectivity index (χ3n) is 3.81. The first-order valence-corrected chi connectivity index (χ1v) is 6.53. The largest absolute Gasteiger partial charge is 0.338 e. The van der Waals surface area contributed by atoms with Gasteiger partial charge in [-0.3, -0.25) is 0 Å². The van der Waals surface area contributed by atoms with Gasteiger partial charge in [-0.25, -0.2) is 4.79 Å². The highest BCUT2D eigenvalue weighted by Crippen LogP contribution is 2.38. The van der Waals surface area contributed by atoms with Crippen molar-refractivity contribution in [2.45, 2.75) is 57.0 Å². The molecular weight excluding hydrogens is 202 g/mol. The van der Waals surface area contributed by atoms with Gasteiger partial charge in [0, 0.05) is 18.1 Å². The number of rotatable bonds is 3. The van der Waals surface area contributed by atoms with Crippen molar-refractivity contribution in [3.8, 4) is 0 Å². The van der Waals surface area contributed by atoms with Gasteiger partial charge in [0.15, 0.2) is 0 Å². The van der Waals surface area contributed by atoms with E-state index in [9.17, 15) is 4.79 Å². The number of urea groups is 1. The van der Waals surface area contributed by atoms with Crippen LogP contribution in [0.1, 0.15) is 45.4 Å². The fraction of sp³-hybridized carbons (Fsp3) is 0.917. The third kappa shape index (κ3) is 2.67. The van der Waals surface area contributed by atoms with Gasteiger partial charge in [0.1, 0.15) is 0 Å². The van der Waals surface area contributed by atoms with E-state index in [0.717, 1.165) is 32.4 Å². The van der Waals surface area contributed by atoms with Crippen LogP contribution < -0.4 is 16.0 Å². The molecule has 2 amide bonds. The van der Waals surface area contributed by atoms with Crippen molar-refractivity contribution in [3.05, 3.63) is 0 Å². The molecule has 1 atom stereocenters. The average molecular weight is 225 g/mol. The monoisotopic (exact) mass is 225 g/mol. The predicted molar refractivity (Wildman–Crippen MR) is 64.4 cm³/mol. The van der Waals surface area contributed by atoms with Crippen molar-refractivity contribution in [1.82, 2.24) is 16.0 Å². The molecule has 1 spiro atoms. The van der Waals surface area contributed by atoms with Crippen molar-refractivity contribution >= 4 is 6.03 Å². The Balaban J connectivity index is 1.74. The number of hydrogen-bond acceptors (Lipinski definition) is 2. The first-order chi connectivity index (χ1) is 7.74. The summed E-state index contributed by atoms with van der Waals surface area (Å²) in [7, 11) is 0. The maximum atomic E-state index is 11.5. The van der Waals surface area contributed by atoms with Crippen LogP contribution in [0.25, 0.3) is 0 Å². The average Bonchev–Trinajstić information content (AvgIpc) is 2.24. The molecular formula is C12H23N3O. The molecule has 0 radical (unpaired) electrons. The fourth-order valence-corrected chi connectivity index (χ4v) is 2.74. The Morgan fingerprint density at radius 3 is 2.94 bits per heavy atom. The molecule has 92 valence electrons. The van der Waals surface area contributed by atoms with Gasteiger partial charge in [-0.05, 0) is 45.1 Å². The lowest BCUT2D eigenvalue weighted by Gasteiger charge is -2.48. The standard InChI is InChI=1S/C12H23N3O/c1-2-7-13-11(16)15-10-4-8-14-12(9-10)5-3-6-12/h10,14H,2-9H2,1H3,(H2,13,15,16). The summed E-state index contributed by atoms with van der Waals surface area (Å²) in [6, 6.07) is 0.363. The lowest BCUT2D eigenvalue weighted by molar-refractivity contribution is 0.121. The van der Waals surface area contributed by atoms with Gasteiger partial charge in [0.2, 0.25) is 0 Å². The Bertz CT molecular complexity index is 251. The summed E-state index contributed by atoms with van der Waals surface area (Å²) >= 11 is 0. The first kappa shape index (κ1) is 11.7. The van der Waals surface area contributed by atoms with E-state index in [4.69, 9.17) is 0 Å². The molecule has 2 aliphatic rings. The Morgan fingerprint density at radius 1 is 1.50 bits per heavy atom. The van der Waals surface area contributed by atoms with Crippen molar-refractivity contribution in [3.63, 3.8) is 0 Å². The Morgan fingerprint density at radius 2 is 2.31 bits per heavy atom. The molecule has 1 aliphatic carbocycles. The summed E-state index contributed by atoms with van der Waals surface area (Å²) in [5.41, 5.74) is 0.362. The molecule has 0 aromatic rings. The molecule has 3 N–H and O–H groups in total. The molecule has 0 aromatic carbocycles. The molecule has 1 aliphatic heterocycles. The maximum absolute atomic E-state index is 11.5. The Kier molecular flexibility index (Phi) is 3.69. The first-order valence-electron chi connectivity index (χ1n) is 6.53. The summed E-state index contributed by atoms with van der Waals surface area (Å²) in [6.07, 6.45) is 7.04. The summed E-state index contributed by atoms with van der Waals surface area (Å²) < 4.78 is 0. The van der Waals surface area contributed by atoms with E-state index in [0.29, 0.717) is 11.6 Å². The van der Waals surface area contributed by atoms with E-state index >= 15 is 0 Å². The van der Waals surface area contributed by atoms with Crippen LogP contribution in [0, 0.1) is 0 Å². The summed E-state index contributed by atoms with van der Waals surface area (Å²) in [4.78, 5) is 11.5. The molecule has 0 bridgehead atoms. The van der Waals surface area contributed by atoms with E-state index in [1.165, 1.54) is 19.3 Å². The quantitative estimate of drug-likeness (QED) is 0.679. The highest BCUT2D eigenvalue weighted by atomic mass is 16.2. The van der Waals surface area contributed by atoms with E-state index in [1.807, 2.05) is 0 Å². The van der Waals surface area contributed by atoms with Gasteiger partial charge in [0.25, 0.3) is 0 Å². The van der Waals surface area contributed by atoms with Gasteiger partial charge in [-0.2, -0.15) is 0 Å². The predicted octanol–water partition coefficient (Wildman–Crippen LogP) is 1.37. The number of piperidine rings is 1. The van der Waals surface area contributed by atoms with E-state index in [-0.39, 0.29) is 6.03 Å². The van der Waals surface area contributed by atoms with Crippen LogP contribution in [0.2, 0.25) is 0 Å². The van der Waals surface area contributed by atoms with Crippen molar-refractivity contribution in [1.29, 1.82) is 0 Å². The minimum atomic E-state index is 0.00298. The topological polar surface area (TPSA) is 53.2 Å². The smallest absolute Gasteiger partial charge is 0.315 e. The molecule has 4 heteroatoms. The lowest BCUT2D eigenvalue weighted by Crippen LogP contribution is -2.60. The second-order valence-corrected chi connectivity index (χ2v) is 5.15. The highest BCUT2D eigenvalue weighted by Gasteiger charge is 2.41. The Hall–Kier alpha value is -0.770. The second-order valence-electron chi connectivity index (χ2n) is 5.15. The lowest BCUT2D eigenvalue weighted by atomic mass is 9.70. The summed E-state index contributed by atoms with van der Waals surface area (Å²) in [5.74, 6) is 0. The minimum Gasteiger partial charge on any atom is -0.338 e. The second kappa shape index (κ2) is 5.04. The molecule has 16 heavy (non-hydrogen) atoms. The molecule has 1 unspecified atom stereocenters. The zero-order chi connectivity index (χ0) is 11.4. The summed E-state index contributed by atoms with van der Waals surface area (Å²) in [6.45, 7) is 3.87. The number of carbonyl (C=O) groups excluding carboxylic acids is 1. The van der Waals surface area contributed by atoms with E-state index in [1.54, 1.807) is 0 Å². The van der Waals surface area contributed by atoms with Gasteiger partial charge < -0.3 is 16.0 Å². The Labute approximate surface area is 97.6 Å². The van der Waals surface area contributed by atoms with Gasteiger partial charge in [-0.1, -0.05) is 6.92 Å². The molecule has 2 fully saturated rings. The SMILES string of the molecule is CCCNC(=O)NC1CCNC2(CCC2)C1. The zero-order valence-corrected chi connectivity index (χ0v) is 10.1. The zero-order valence-electron chi connectivity index (χ0n) is 10.1. The highest BCUT2D eigenvalue weighted by molar-refractivity contribution is 5.74. The molecule has 1 saturated heterocycles. The van der Waals surface area contributed by atoms with Crippen LogP contribution in [0.5, 0.6) is 0 Å². The maximum Gasteiger partial charge on any atom is 0.315 e. The van der Waals surface area contributed by atoms with Crippen LogP contribution in [0.4, 0.5) is 4.79 Å². The molecule has 0 aromatic heterocycles. The minimum absolute atomic E-state index is 0.00298. The number of amides is 2. The van der Waals surface area contributed by atoms with Crippen LogP contribution in [-0.2, 0) is 0 Å². The van der Waals surface area contributed by atoms with Gasteiger partial charge in [-0.15, -0.1) is 0 Å². The van der Waals surface area contributed by atoms with Gasteiger partial charge in [0.05, 0.1) is 0 Å². The van der Waals surface area contributed by atoms with Crippen LogP contribution in [0.3, 0.4) is 0 Å². The molecule has 1 heterocycles. The van der Waals surface area contributed by atoms with Crippen LogP contribution >= 0.6 is 0 Å². The molecule has 4 nitrogen and oxygen atoms in total. The summed E-state index contributed by atoms with van der Waals surface area (Å²) in [5, 5.41) is 9.57. The number of nitrogens with one attached hydrogen (secondary N) is 3. The molecule has 1 saturated carbocycles. The molecule has 2 rings (SSSR count). The van der Waals surface area contributed by atoms with Gasteiger partial charge >= 0.3 is 6.03 Å². The number of hydrogen-bond donors (Lipinski definition) is 3. The van der Waals surface area contributed by atoms with Crippen molar-refractivity contribution < 1.29 is 4.79 Å². The van der Waals surface area contributed by atoms with E-state index < -0.39 is 0 Å². The third-order valence-corrected chi connectivity index (χ3v) is 3.81. The van der Waals surface area contributed by atoms with E-state index in [2.05, 4.69) is 22.9 Å². The van der Waals surface area contributed by atoms with Crippen LogP contribution in [-0.4, -0.2) is 30.7 Å². The fourth-order valence-electron chi connectivity index (χ4n) is 2.74. The van der Waals surface area contributed by atoms with Crippen molar-refractivity contribution in [2.24, 2.45) is 0 Å². The van der Waals surface area contributed by atoms with Crippen molar-refractivity contribution in [2.75, 3.05) is 13.1 Å². The van der Waals surface area contributed by atoms with Crippen LogP contribution in [0.15, 0.2) is 0 Å².